The number of rotatable bonds is 3. The Hall–Kier alpha value is -1.76. The molecule has 0 spiro atoms. The molecule has 2 atom stereocenters. The molecule has 0 aromatic carbocycles. The van der Waals surface area contributed by atoms with Gasteiger partial charge in [0.25, 0.3) is 0 Å². The molecule has 0 aliphatic carbocycles. The van der Waals surface area contributed by atoms with Crippen LogP contribution in [-0.2, 0) is 13.0 Å². The van der Waals surface area contributed by atoms with Crippen molar-refractivity contribution < 1.29 is 0 Å². The zero-order valence-electron chi connectivity index (χ0n) is 10.4. The molecule has 0 radical (unpaired) electrons. The summed E-state index contributed by atoms with van der Waals surface area (Å²) in [4.78, 5) is 3.97. The van der Waals surface area contributed by atoms with Crippen LogP contribution in [0.3, 0.4) is 0 Å². The molecular formula is C11H17N7. The lowest BCUT2D eigenvalue weighted by Gasteiger charge is -2.24. The van der Waals surface area contributed by atoms with E-state index >= 15 is 0 Å². The van der Waals surface area contributed by atoms with Gasteiger partial charge in [-0.05, 0) is 25.8 Å². The summed E-state index contributed by atoms with van der Waals surface area (Å²) in [5.41, 5.74) is 5.77. The summed E-state index contributed by atoms with van der Waals surface area (Å²) in [6, 6.07) is 0.0466. The molecule has 0 fully saturated rings. The van der Waals surface area contributed by atoms with Gasteiger partial charge in [0.15, 0.2) is 5.82 Å². The molecule has 0 saturated heterocycles. The highest BCUT2D eigenvalue weighted by molar-refractivity contribution is 5.04. The second-order valence-electron chi connectivity index (χ2n) is 4.78. The van der Waals surface area contributed by atoms with Crippen LogP contribution >= 0.6 is 0 Å². The highest BCUT2D eigenvalue weighted by Gasteiger charge is 2.25. The Morgan fingerprint density at radius 3 is 3.11 bits per heavy atom. The third-order valence-electron chi connectivity index (χ3n) is 3.61. The van der Waals surface area contributed by atoms with Gasteiger partial charge in [0.05, 0.1) is 0 Å². The maximum Gasteiger partial charge on any atom is 0.157 e. The summed E-state index contributed by atoms with van der Waals surface area (Å²) in [5, 5.41) is 12.7. The van der Waals surface area contributed by atoms with Gasteiger partial charge in [0.1, 0.15) is 24.5 Å². The Morgan fingerprint density at radius 1 is 1.50 bits per heavy atom. The molecule has 18 heavy (non-hydrogen) atoms. The first kappa shape index (κ1) is 11.3. The van der Waals surface area contributed by atoms with Crippen LogP contribution in [0, 0.1) is 5.92 Å². The lowest BCUT2D eigenvalue weighted by atomic mass is 9.99. The minimum absolute atomic E-state index is 0.0466. The van der Waals surface area contributed by atoms with Crippen molar-refractivity contribution in [2.75, 3.05) is 6.54 Å². The number of hydrogen-bond donors (Lipinski definition) is 1. The Labute approximate surface area is 105 Å². The van der Waals surface area contributed by atoms with E-state index in [-0.39, 0.29) is 6.04 Å². The van der Waals surface area contributed by atoms with Crippen LogP contribution in [0.25, 0.3) is 0 Å². The summed E-state index contributed by atoms with van der Waals surface area (Å²) in [6.07, 6.45) is 5.30. The minimum atomic E-state index is 0.0466. The highest BCUT2D eigenvalue weighted by atomic mass is 15.4. The van der Waals surface area contributed by atoms with Gasteiger partial charge in [-0.1, -0.05) is 0 Å². The molecule has 3 rings (SSSR count). The van der Waals surface area contributed by atoms with E-state index in [1.54, 1.807) is 11.0 Å². The van der Waals surface area contributed by atoms with Crippen molar-refractivity contribution in [2.24, 2.45) is 11.7 Å². The lowest BCUT2D eigenvalue weighted by molar-refractivity contribution is 0.356. The second-order valence-corrected chi connectivity index (χ2v) is 4.78. The largest absolute Gasteiger partial charge is 0.330 e. The Kier molecular flexibility index (Phi) is 2.83. The van der Waals surface area contributed by atoms with Gasteiger partial charge in [-0.15, -0.1) is 10.2 Å². The maximum absolute atomic E-state index is 5.77. The summed E-state index contributed by atoms with van der Waals surface area (Å²) >= 11 is 0. The number of fused-ring (bicyclic) bond motifs is 1. The SMILES string of the molecule is CC(c1nnc2n1CC(CN)CC2)n1cncn1. The molecule has 2 N–H and O–H groups in total. The molecule has 1 aliphatic rings. The van der Waals surface area contributed by atoms with Gasteiger partial charge in [-0.25, -0.2) is 9.67 Å². The Balaban J connectivity index is 1.92. The number of hydrogen-bond acceptors (Lipinski definition) is 5. The van der Waals surface area contributed by atoms with Gasteiger partial charge in [-0.3, -0.25) is 0 Å². The molecule has 1 aliphatic heterocycles. The van der Waals surface area contributed by atoms with E-state index in [4.69, 9.17) is 5.73 Å². The predicted octanol–water partition coefficient (Wildman–Crippen LogP) is -0.000000000000000222. The summed E-state index contributed by atoms with van der Waals surface area (Å²) in [7, 11) is 0. The molecule has 3 heterocycles. The van der Waals surface area contributed by atoms with E-state index in [1.165, 1.54) is 6.33 Å². The second kappa shape index (κ2) is 4.49. The van der Waals surface area contributed by atoms with E-state index in [1.807, 2.05) is 0 Å². The van der Waals surface area contributed by atoms with Crippen LogP contribution in [0.4, 0.5) is 0 Å². The zero-order chi connectivity index (χ0) is 12.5. The molecule has 2 unspecified atom stereocenters. The van der Waals surface area contributed by atoms with E-state index in [2.05, 4.69) is 31.8 Å². The number of nitrogens with zero attached hydrogens (tertiary/aromatic N) is 6. The molecule has 96 valence electrons. The molecule has 7 heteroatoms. The number of aryl methyl sites for hydroxylation is 1. The molecule has 0 amide bonds. The smallest absolute Gasteiger partial charge is 0.157 e. The molecule has 2 aromatic rings. The first-order valence-electron chi connectivity index (χ1n) is 6.25. The van der Waals surface area contributed by atoms with Gasteiger partial charge < -0.3 is 10.3 Å². The van der Waals surface area contributed by atoms with Crippen LogP contribution < -0.4 is 5.73 Å². The Morgan fingerprint density at radius 2 is 2.39 bits per heavy atom. The standard InChI is InChI=1S/C11H17N7/c1-8(18-7-13-6-14-18)11-16-15-10-3-2-9(4-12)5-17(10)11/h6-9H,2-5,12H2,1H3. The monoisotopic (exact) mass is 247 g/mol. The third kappa shape index (κ3) is 1.80. The molecule has 0 bridgehead atoms. The Bertz CT molecular complexity index is 515. The minimum Gasteiger partial charge on any atom is -0.330 e. The number of nitrogens with two attached hydrogens (primary N) is 1. The van der Waals surface area contributed by atoms with Crippen molar-refractivity contribution in [3.63, 3.8) is 0 Å². The van der Waals surface area contributed by atoms with Crippen LogP contribution in [-0.4, -0.2) is 36.1 Å². The lowest BCUT2D eigenvalue weighted by Crippen LogP contribution is -2.28. The van der Waals surface area contributed by atoms with Gasteiger partial charge in [0, 0.05) is 13.0 Å². The molecular weight excluding hydrogens is 230 g/mol. The quantitative estimate of drug-likeness (QED) is 0.825. The normalized spacial score (nSPS) is 20.7. The van der Waals surface area contributed by atoms with Gasteiger partial charge in [0.2, 0.25) is 0 Å². The number of aromatic nitrogens is 6. The van der Waals surface area contributed by atoms with Gasteiger partial charge in [-0.2, -0.15) is 5.10 Å². The van der Waals surface area contributed by atoms with E-state index in [0.29, 0.717) is 5.92 Å². The highest BCUT2D eigenvalue weighted by Crippen LogP contribution is 2.23. The van der Waals surface area contributed by atoms with E-state index in [9.17, 15) is 0 Å². The molecule has 2 aromatic heterocycles. The summed E-state index contributed by atoms with van der Waals surface area (Å²) in [6.45, 7) is 3.68. The topological polar surface area (TPSA) is 87.4 Å². The van der Waals surface area contributed by atoms with Crippen molar-refractivity contribution in [1.29, 1.82) is 0 Å². The first-order valence-corrected chi connectivity index (χ1v) is 6.25. The summed E-state index contributed by atoms with van der Waals surface area (Å²) in [5.74, 6) is 2.52. The molecule has 7 nitrogen and oxygen atoms in total. The fourth-order valence-electron chi connectivity index (χ4n) is 2.45. The maximum atomic E-state index is 5.77. The average molecular weight is 247 g/mol. The van der Waals surface area contributed by atoms with E-state index in [0.717, 1.165) is 37.6 Å². The van der Waals surface area contributed by atoms with Crippen molar-refractivity contribution in [2.45, 2.75) is 32.4 Å². The van der Waals surface area contributed by atoms with Crippen LogP contribution in [0.1, 0.15) is 31.0 Å². The predicted molar refractivity (Wildman–Crippen MR) is 64.7 cm³/mol. The molecule has 0 saturated carbocycles. The average Bonchev–Trinajstić information content (AvgIpc) is 3.06. The first-order chi connectivity index (χ1) is 8.79. The fourth-order valence-corrected chi connectivity index (χ4v) is 2.45. The van der Waals surface area contributed by atoms with Crippen LogP contribution in [0.15, 0.2) is 12.7 Å². The summed E-state index contributed by atoms with van der Waals surface area (Å²) < 4.78 is 3.98. The third-order valence-corrected chi connectivity index (χ3v) is 3.61. The van der Waals surface area contributed by atoms with Crippen LogP contribution in [0.2, 0.25) is 0 Å². The fraction of sp³-hybridized carbons (Fsp3) is 0.636. The zero-order valence-corrected chi connectivity index (χ0v) is 10.4. The van der Waals surface area contributed by atoms with Crippen molar-refractivity contribution in [3.8, 4) is 0 Å². The van der Waals surface area contributed by atoms with Crippen LogP contribution in [0.5, 0.6) is 0 Å². The van der Waals surface area contributed by atoms with Crippen molar-refractivity contribution in [1.82, 2.24) is 29.5 Å². The van der Waals surface area contributed by atoms with Gasteiger partial charge >= 0.3 is 0 Å². The van der Waals surface area contributed by atoms with E-state index < -0.39 is 0 Å². The van der Waals surface area contributed by atoms with Crippen molar-refractivity contribution in [3.05, 3.63) is 24.3 Å². The van der Waals surface area contributed by atoms with Crippen molar-refractivity contribution >= 4 is 0 Å².